The highest BCUT2D eigenvalue weighted by Gasteiger charge is 2.12. The molecule has 1 heterocycles. The molecule has 0 bridgehead atoms. The second-order valence-corrected chi connectivity index (χ2v) is 6.29. The van der Waals surface area contributed by atoms with Crippen LogP contribution in [0.25, 0.3) is 10.6 Å². The fourth-order valence-electron chi connectivity index (χ4n) is 1.89. The molecular weight excluding hydrogens is 270 g/mol. The highest BCUT2D eigenvalue weighted by atomic mass is 32.1. The number of methoxy groups -OCH3 is 1. The number of nitrogens with zero attached hydrogens (tertiary/aromatic N) is 2. The summed E-state index contributed by atoms with van der Waals surface area (Å²) in [5.74, 6) is 1.48. The molecule has 1 aromatic carbocycles. The van der Waals surface area contributed by atoms with Gasteiger partial charge in [0.25, 0.3) is 0 Å². The molecule has 0 saturated carbocycles. The third-order valence-electron chi connectivity index (χ3n) is 2.88. The van der Waals surface area contributed by atoms with Gasteiger partial charge >= 0.3 is 0 Å². The van der Waals surface area contributed by atoms with Gasteiger partial charge in [-0.1, -0.05) is 36.8 Å². The van der Waals surface area contributed by atoms with Crippen LogP contribution in [-0.2, 0) is 6.54 Å². The van der Waals surface area contributed by atoms with Crippen LogP contribution in [0.2, 0.25) is 0 Å². The van der Waals surface area contributed by atoms with Crippen molar-refractivity contribution >= 4 is 11.3 Å². The van der Waals surface area contributed by atoms with Gasteiger partial charge in [-0.3, -0.25) is 0 Å². The van der Waals surface area contributed by atoms with Crippen molar-refractivity contribution in [3.05, 3.63) is 28.8 Å². The summed E-state index contributed by atoms with van der Waals surface area (Å²) in [5, 5.41) is 13.8. The summed E-state index contributed by atoms with van der Waals surface area (Å²) in [5.41, 5.74) is 2.20. The summed E-state index contributed by atoms with van der Waals surface area (Å²) in [7, 11) is 1.68. The minimum absolute atomic E-state index is 0.638. The van der Waals surface area contributed by atoms with Crippen LogP contribution in [0.5, 0.6) is 5.75 Å². The normalized spacial score (nSPS) is 11.1. The Morgan fingerprint density at radius 3 is 2.80 bits per heavy atom. The van der Waals surface area contributed by atoms with E-state index in [0.717, 1.165) is 34.4 Å². The van der Waals surface area contributed by atoms with Gasteiger partial charge in [0.2, 0.25) is 0 Å². The van der Waals surface area contributed by atoms with Crippen LogP contribution in [-0.4, -0.2) is 23.9 Å². The van der Waals surface area contributed by atoms with Crippen molar-refractivity contribution in [2.45, 2.75) is 27.3 Å². The van der Waals surface area contributed by atoms with Gasteiger partial charge in [0.15, 0.2) is 5.01 Å². The first-order valence-corrected chi connectivity index (χ1v) is 7.60. The van der Waals surface area contributed by atoms with Gasteiger partial charge in [-0.25, -0.2) is 0 Å². The van der Waals surface area contributed by atoms with Gasteiger partial charge in [0.1, 0.15) is 10.8 Å². The van der Waals surface area contributed by atoms with Crippen LogP contribution in [0.1, 0.15) is 24.4 Å². The molecule has 0 radical (unpaired) electrons. The lowest BCUT2D eigenvalue weighted by molar-refractivity contribution is 0.416. The molecule has 2 aromatic rings. The molecule has 0 aliphatic heterocycles. The fourth-order valence-corrected chi connectivity index (χ4v) is 2.72. The topological polar surface area (TPSA) is 47.0 Å². The van der Waals surface area contributed by atoms with E-state index in [-0.39, 0.29) is 0 Å². The van der Waals surface area contributed by atoms with Gasteiger partial charge in [0.05, 0.1) is 12.7 Å². The maximum atomic E-state index is 5.40. The lowest BCUT2D eigenvalue weighted by Crippen LogP contribution is -2.18. The summed E-state index contributed by atoms with van der Waals surface area (Å²) >= 11 is 1.61. The van der Waals surface area contributed by atoms with Crippen molar-refractivity contribution in [3.63, 3.8) is 0 Å². The number of aryl methyl sites for hydroxylation is 1. The average Bonchev–Trinajstić information content (AvgIpc) is 2.87. The molecule has 0 fully saturated rings. The number of aromatic nitrogens is 2. The first-order valence-electron chi connectivity index (χ1n) is 6.78. The molecule has 0 spiro atoms. The minimum Gasteiger partial charge on any atom is -0.496 e. The van der Waals surface area contributed by atoms with E-state index >= 15 is 0 Å². The van der Waals surface area contributed by atoms with Gasteiger partial charge in [0, 0.05) is 6.54 Å². The molecule has 5 heteroatoms. The zero-order valence-electron chi connectivity index (χ0n) is 12.4. The van der Waals surface area contributed by atoms with E-state index in [0.29, 0.717) is 5.92 Å². The standard InChI is InChI=1S/C15H21N3OS/c1-10(2)8-16-9-14-17-18-15(20-14)12-7-11(3)5-6-13(12)19-4/h5-7,10,16H,8-9H2,1-4H3. The largest absolute Gasteiger partial charge is 0.496 e. The predicted molar refractivity (Wildman–Crippen MR) is 83.2 cm³/mol. The smallest absolute Gasteiger partial charge is 0.151 e. The van der Waals surface area contributed by atoms with Gasteiger partial charge in [-0.2, -0.15) is 0 Å². The molecule has 1 aromatic heterocycles. The maximum absolute atomic E-state index is 5.40. The number of ether oxygens (including phenoxy) is 1. The van der Waals surface area contributed by atoms with Crippen LogP contribution in [0.4, 0.5) is 0 Å². The summed E-state index contributed by atoms with van der Waals surface area (Å²) < 4.78 is 5.40. The van der Waals surface area contributed by atoms with Crippen LogP contribution >= 0.6 is 11.3 Å². The molecule has 1 N–H and O–H groups in total. The summed E-state index contributed by atoms with van der Waals surface area (Å²) in [4.78, 5) is 0. The number of rotatable bonds is 6. The van der Waals surface area contributed by atoms with E-state index < -0.39 is 0 Å². The van der Waals surface area contributed by atoms with E-state index in [1.807, 2.05) is 12.1 Å². The monoisotopic (exact) mass is 291 g/mol. The summed E-state index contributed by atoms with van der Waals surface area (Å²) in [6.07, 6.45) is 0. The highest BCUT2D eigenvalue weighted by molar-refractivity contribution is 7.14. The molecule has 4 nitrogen and oxygen atoms in total. The second-order valence-electron chi connectivity index (χ2n) is 5.23. The average molecular weight is 291 g/mol. The van der Waals surface area contributed by atoms with Crippen molar-refractivity contribution in [2.24, 2.45) is 5.92 Å². The second kappa shape index (κ2) is 6.81. The predicted octanol–water partition coefficient (Wildman–Crippen LogP) is 3.27. The van der Waals surface area contributed by atoms with Crippen molar-refractivity contribution in [3.8, 4) is 16.3 Å². The maximum Gasteiger partial charge on any atom is 0.151 e. The Labute approximate surface area is 124 Å². The van der Waals surface area contributed by atoms with E-state index in [4.69, 9.17) is 4.74 Å². The van der Waals surface area contributed by atoms with Crippen molar-refractivity contribution in [1.82, 2.24) is 15.5 Å². The molecule has 0 aliphatic carbocycles. The fraction of sp³-hybridized carbons (Fsp3) is 0.467. The van der Waals surface area contributed by atoms with Crippen LogP contribution in [0.3, 0.4) is 0 Å². The van der Waals surface area contributed by atoms with Crippen molar-refractivity contribution < 1.29 is 4.74 Å². The van der Waals surface area contributed by atoms with Crippen LogP contribution in [0, 0.1) is 12.8 Å². The first kappa shape index (κ1) is 14.9. The molecule has 0 amide bonds. The zero-order chi connectivity index (χ0) is 14.5. The Morgan fingerprint density at radius 2 is 2.10 bits per heavy atom. The third-order valence-corrected chi connectivity index (χ3v) is 3.84. The van der Waals surface area contributed by atoms with E-state index in [1.54, 1.807) is 18.4 Å². The Balaban J connectivity index is 2.14. The van der Waals surface area contributed by atoms with Gasteiger partial charge in [-0.05, 0) is 31.5 Å². The lowest BCUT2D eigenvalue weighted by atomic mass is 10.1. The Hall–Kier alpha value is -1.46. The molecular formula is C15H21N3OS. The third kappa shape index (κ3) is 3.77. The molecule has 0 unspecified atom stereocenters. The van der Waals surface area contributed by atoms with E-state index in [9.17, 15) is 0 Å². The highest BCUT2D eigenvalue weighted by Crippen LogP contribution is 2.32. The molecule has 0 aliphatic rings. The van der Waals surface area contributed by atoms with Gasteiger partial charge in [-0.15, -0.1) is 10.2 Å². The molecule has 0 saturated heterocycles. The summed E-state index contributed by atoms with van der Waals surface area (Å²) in [6, 6.07) is 6.10. The molecule has 0 atom stereocenters. The number of nitrogens with one attached hydrogen (secondary N) is 1. The molecule has 20 heavy (non-hydrogen) atoms. The first-order chi connectivity index (χ1) is 9.60. The number of benzene rings is 1. The van der Waals surface area contributed by atoms with Crippen molar-refractivity contribution in [1.29, 1.82) is 0 Å². The number of hydrogen-bond donors (Lipinski definition) is 1. The Morgan fingerprint density at radius 1 is 1.30 bits per heavy atom. The minimum atomic E-state index is 0.638. The van der Waals surface area contributed by atoms with Crippen LogP contribution < -0.4 is 10.1 Å². The quantitative estimate of drug-likeness (QED) is 0.887. The van der Waals surface area contributed by atoms with Gasteiger partial charge < -0.3 is 10.1 Å². The van der Waals surface area contributed by atoms with E-state index in [1.165, 1.54) is 5.56 Å². The Bertz CT molecular complexity index is 566. The molecule has 2 rings (SSSR count). The SMILES string of the molecule is COc1ccc(C)cc1-c1nnc(CNCC(C)C)s1. The Kier molecular flexibility index (Phi) is 5.09. The van der Waals surface area contributed by atoms with Crippen molar-refractivity contribution in [2.75, 3.05) is 13.7 Å². The zero-order valence-corrected chi connectivity index (χ0v) is 13.3. The lowest BCUT2D eigenvalue weighted by Gasteiger charge is -2.06. The summed E-state index contributed by atoms with van der Waals surface area (Å²) in [6.45, 7) is 8.20. The van der Waals surface area contributed by atoms with E-state index in [2.05, 4.69) is 42.4 Å². The number of hydrogen-bond acceptors (Lipinski definition) is 5. The van der Waals surface area contributed by atoms with Crippen LogP contribution in [0.15, 0.2) is 18.2 Å². The molecule has 108 valence electrons.